The number of halogens is 3. The number of hydrogen-bond acceptors (Lipinski definition) is 0. The largest absolute Gasteiger partial charge is 1.00 e. The molecule has 0 aromatic carbocycles. The molecule has 0 N–H and O–H groups in total. The highest BCUT2D eigenvalue weighted by atomic mass is 35.5. The number of rotatable bonds is 1. The van der Waals surface area contributed by atoms with Crippen LogP contribution in [0.3, 0.4) is 0 Å². The predicted octanol–water partition coefficient (Wildman–Crippen LogP) is 0.357. The third-order valence-corrected chi connectivity index (χ3v) is 3.28. The Labute approximate surface area is 102 Å². The van der Waals surface area contributed by atoms with Crippen molar-refractivity contribution in [3.8, 4) is 0 Å². The molecule has 0 heterocycles. The first kappa shape index (κ1) is 14.3. The van der Waals surface area contributed by atoms with E-state index in [1.54, 1.807) is 0 Å². The fourth-order valence-corrected chi connectivity index (χ4v) is 2.10. The van der Waals surface area contributed by atoms with E-state index in [-0.39, 0.29) is 12.4 Å². The molecule has 1 rings (SSSR count). The van der Waals surface area contributed by atoms with Crippen LogP contribution in [0.1, 0.15) is 32.1 Å². The summed E-state index contributed by atoms with van der Waals surface area (Å²) in [6, 6.07) is 0. The van der Waals surface area contributed by atoms with Crippen LogP contribution in [0, 0.1) is 0 Å². The lowest BCUT2D eigenvalue weighted by Gasteiger charge is -2.02. The van der Waals surface area contributed by atoms with Crippen LogP contribution in [-0.4, -0.2) is 23.8 Å². The molecule has 0 saturated heterocycles. The normalized spacial score (nSPS) is 17.1. The molecule has 0 fully saturated rings. The van der Waals surface area contributed by atoms with Crippen LogP contribution in [0.4, 0.5) is 0 Å². The Kier molecular flexibility index (Phi) is 6.84. The van der Waals surface area contributed by atoms with Crippen molar-refractivity contribution in [1.82, 2.24) is 0 Å². The van der Waals surface area contributed by atoms with Gasteiger partial charge in [0.05, 0.1) is 5.57 Å². The Balaban J connectivity index is 0.00000169. The minimum atomic E-state index is 0. The van der Waals surface area contributed by atoms with Crippen molar-refractivity contribution >= 4 is 28.4 Å². The van der Waals surface area contributed by atoms with Gasteiger partial charge in [0.1, 0.15) is 14.1 Å². The maximum Gasteiger partial charge on any atom is 0.273 e. The zero-order valence-corrected chi connectivity index (χ0v) is 10.9. The van der Waals surface area contributed by atoms with Gasteiger partial charge in [0.15, 0.2) is 0 Å². The van der Waals surface area contributed by atoms with Crippen LogP contribution in [0.2, 0.25) is 0 Å². The molecule has 0 radical (unpaired) electrons. The first-order valence-electron chi connectivity index (χ1n) is 4.70. The molecule has 0 saturated carbocycles. The summed E-state index contributed by atoms with van der Waals surface area (Å²) in [4.78, 5) is 0. The maximum absolute atomic E-state index is 6.17. The lowest BCUT2D eigenvalue weighted by Crippen LogP contribution is -3.00. The van der Waals surface area contributed by atoms with Gasteiger partial charge in [-0.2, -0.15) is 0 Å². The van der Waals surface area contributed by atoms with E-state index in [1.165, 1.54) is 19.3 Å². The van der Waals surface area contributed by atoms with Crippen molar-refractivity contribution in [3.63, 3.8) is 0 Å². The highest BCUT2D eigenvalue weighted by Crippen LogP contribution is 2.28. The van der Waals surface area contributed by atoms with Gasteiger partial charge in [0.2, 0.25) is 0 Å². The highest BCUT2D eigenvalue weighted by Gasteiger charge is 2.18. The van der Waals surface area contributed by atoms with Crippen molar-refractivity contribution in [3.05, 3.63) is 10.6 Å². The summed E-state index contributed by atoms with van der Waals surface area (Å²) in [7, 11) is 3.90. The van der Waals surface area contributed by atoms with E-state index in [9.17, 15) is 0 Å². The van der Waals surface area contributed by atoms with Crippen LogP contribution in [-0.2, 0) is 0 Å². The van der Waals surface area contributed by atoms with E-state index in [0.717, 1.165) is 28.6 Å². The minimum Gasteiger partial charge on any atom is -1.00 e. The van der Waals surface area contributed by atoms with E-state index < -0.39 is 0 Å². The average molecular weight is 257 g/mol. The second-order valence-electron chi connectivity index (χ2n) is 3.63. The topological polar surface area (TPSA) is 3.01 Å². The van der Waals surface area contributed by atoms with E-state index in [0.29, 0.717) is 0 Å². The Bertz CT molecular complexity index is 252. The van der Waals surface area contributed by atoms with Crippen molar-refractivity contribution in [2.45, 2.75) is 32.1 Å². The van der Waals surface area contributed by atoms with Gasteiger partial charge in [-0.3, -0.25) is 0 Å². The lowest BCUT2D eigenvalue weighted by molar-refractivity contribution is -0.461. The SMILES string of the molecule is C[N+](C)=C(Cl)C1=C(Cl)CCCCC1.[Cl-]. The molecule has 14 heavy (non-hydrogen) atoms. The van der Waals surface area contributed by atoms with Crippen LogP contribution in [0.15, 0.2) is 10.6 Å². The second-order valence-corrected chi connectivity index (χ2v) is 4.44. The summed E-state index contributed by atoms with van der Waals surface area (Å²) in [5, 5.41) is 1.75. The summed E-state index contributed by atoms with van der Waals surface area (Å²) in [5.41, 5.74) is 1.14. The van der Waals surface area contributed by atoms with E-state index >= 15 is 0 Å². The lowest BCUT2D eigenvalue weighted by atomic mass is 10.1. The quantitative estimate of drug-likeness (QED) is 0.471. The summed E-state index contributed by atoms with van der Waals surface area (Å²) < 4.78 is 1.92. The van der Waals surface area contributed by atoms with E-state index in [2.05, 4.69) is 0 Å². The zero-order chi connectivity index (χ0) is 9.84. The molecular weight excluding hydrogens is 240 g/mol. The standard InChI is InChI=1S/C10H16Cl2N.ClH/c1-13(2)10(12)8-6-4-3-5-7-9(8)11;/h3-7H2,1-2H3;1H/q+1;/p-1. The van der Waals surface area contributed by atoms with Gasteiger partial charge in [-0.1, -0.05) is 18.0 Å². The van der Waals surface area contributed by atoms with Gasteiger partial charge in [0.25, 0.3) is 5.17 Å². The van der Waals surface area contributed by atoms with Gasteiger partial charge in [-0.05, 0) is 37.3 Å². The third-order valence-electron chi connectivity index (χ3n) is 2.29. The van der Waals surface area contributed by atoms with Gasteiger partial charge in [-0.15, -0.1) is 0 Å². The molecule has 0 unspecified atom stereocenters. The first-order valence-corrected chi connectivity index (χ1v) is 5.46. The van der Waals surface area contributed by atoms with Gasteiger partial charge >= 0.3 is 0 Å². The maximum atomic E-state index is 6.17. The van der Waals surface area contributed by atoms with Crippen molar-refractivity contribution in [2.24, 2.45) is 0 Å². The number of nitrogens with zero attached hydrogens (tertiary/aromatic N) is 1. The van der Waals surface area contributed by atoms with Crippen LogP contribution in [0.5, 0.6) is 0 Å². The molecule has 1 aliphatic rings. The zero-order valence-electron chi connectivity index (χ0n) is 8.62. The van der Waals surface area contributed by atoms with Crippen molar-refractivity contribution < 1.29 is 17.0 Å². The summed E-state index contributed by atoms with van der Waals surface area (Å²) in [6.45, 7) is 0. The van der Waals surface area contributed by atoms with Gasteiger partial charge in [-0.25, -0.2) is 4.58 Å². The Hall–Kier alpha value is 0.280. The van der Waals surface area contributed by atoms with Crippen LogP contribution in [0.25, 0.3) is 0 Å². The number of hydrogen-bond donors (Lipinski definition) is 0. The monoisotopic (exact) mass is 255 g/mol. The molecule has 0 amide bonds. The summed E-state index contributed by atoms with van der Waals surface area (Å²) in [5.74, 6) is 0. The molecule has 82 valence electrons. The molecule has 0 bridgehead atoms. The predicted molar refractivity (Wildman–Crippen MR) is 58.9 cm³/mol. The smallest absolute Gasteiger partial charge is 0.273 e. The molecule has 1 nitrogen and oxygen atoms in total. The Morgan fingerprint density at radius 3 is 2.29 bits per heavy atom. The third kappa shape index (κ3) is 3.80. The highest BCUT2D eigenvalue weighted by molar-refractivity contribution is 6.68. The molecule has 0 atom stereocenters. The average Bonchev–Trinajstić information content (AvgIpc) is 2.28. The van der Waals surface area contributed by atoms with Gasteiger partial charge < -0.3 is 12.4 Å². The molecule has 0 aromatic heterocycles. The molecule has 4 heteroatoms. The fourth-order valence-electron chi connectivity index (χ4n) is 1.53. The molecule has 0 aromatic rings. The summed E-state index contributed by atoms with van der Waals surface area (Å²) in [6.07, 6.45) is 5.67. The molecular formula is C10H16Cl3N. The van der Waals surface area contributed by atoms with Crippen molar-refractivity contribution in [2.75, 3.05) is 14.1 Å². The Morgan fingerprint density at radius 2 is 1.71 bits per heavy atom. The van der Waals surface area contributed by atoms with E-state index in [4.69, 9.17) is 23.2 Å². The summed E-state index contributed by atoms with van der Waals surface area (Å²) >= 11 is 12.3. The molecule has 1 aliphatic carbocycles. The first-order chi connectivity index (χ1) is 6.13. The number of allylic oxidation sites excluding steroid dienone is 2. The van der Waals surface area contributed by atoms with Gasteiger partial charge in [0, 0.05) is 5.03 Å². The Morgan fingerprint density at radius 1 is 1.14 bits per heavy atom. The van der Waals surface area contributed by atoms with E-state index in [1.807, 2.05) is 18.7 Å². The minimum absolute atomic E-state index is 0. The molecule has 0 aliphatic heterocycles. The fraction of sp³-hybridized carbons (Fsp3) is 0.700. The van der Waals surface area contributed by atoms with Crippen molar-refractivity contribution in [1.29, 1.82) is 0 Å². The second kappa shape index (κ2) is 6.71. The van der Waals surface area contributed by atoms with Crippen LogP contribution >= 0.6 is 23.2 Å². The van der Waals surface area contributed by atoms with Crippen LogP contribution < -0.4 is 12.4 Å². The molecule has 0 spiro atoms.